The summed E-state index contributed by atoms with van der Waals surface area (Å²) in [5.41, 5.74) is 5.10. The van der Waals surface area contributed by atoms with E-state index < -0.39 is 17.7 Å². The fourth-order valence-electron chi connectivity index (χ4n) is 5.81. The van der Waals surface area contributed by atoms with Crippen molar-refractivity contribution < 1.29 is 19.4 Å². The van der Waals surface area contributed by atoms with Gasteiger partial charge in [-0.3, -0.25) is 9.69 Å². The Morgan fingerprint density at radius 2 is 1.75 bits per heavy atom. The van der Waals surface area contributed by atoms with Crippen molar-refractivity contribution in [3.05, 3.63) is 64.2 Å². The second-order valence-electron chi connectivity index (χ2n) is 12.1. The number of carbonyl (C=O) groups excluding carboxylic acids is 2. The minimum atomic E-state index is -0.628. The maximum atomic E-state index is 13.7. The van der Waals surface area contributed by atoms with Crippen molar-refractivity contribution in [3.8, 4) is 6.07 Å². The highest BCUT2D eigenvalue weighted by molar-refractivity contribution is 5.96. The molecule has 1 atom stereocenters. The molecule has 2 fully saturated rings. The topological polar surface area (TPSA) is 97.1 Å². The summed E-state index contributed by atoms with van der Waals surface area (Å²) in [6, 6.07) is 13.7. The minimum Gasteiger partial charge on any atom is -0.444 e. The average molecular weight is 547 g/mol. The number of benzene rings is 2. The summed E-state index contributed by atoms with van der Waals surface area (Å²) in [6.45, 7) is 12.1. The van der Waals surface area contributed by atoms with Crippen LogP contribution in [0.4, 0.5) is 10.5 Å². The Hall–Kier alpha value is -3.57. The number of nitrogens with zero attached hydrogens (tertiary/aromatic N) is 4. The Labute approximate surface area is 238 Å². The molecule has 4 rings (SSSR count). The molecule has 214 valence electrons. The van der Waals surface area contributed by atoms with Crippen LogP contribution in [0.15, 0.2) is 36.4 Å². The number of aliphatic hydroxyl groups excluding tert-OH is 1. The summed E-state index contributed by atoms with van der Waals surface area (Å²) >= 11 is 0. The first kappa shape index (κ1) is 29.4. The van der Waals surface area contributed by atoms with Crippen molar-refractivity contribution in [2.24, 2.45) is 5.92 Å². The number of hydrogen-bond donors (Lipinski definition) is 1. The summed E-state index contributed by atoms with van der Waals surface area (Å²) in [6.07, 6.45) is 2.50. The lowest BCUT2D eigenvalue weighted by atomic mass is 9.86. The normalized spacial score (nSPS) is 18.4. The molecule has 2 aromatic rings. The van der Waals surface area contributed by atoms with Crippen LogP contribution < -0.4 is 4.90 Å². The van der Waals surface area contributed by atoms with Gasteiger partial charge in [0, 0.05) is 38.3 Å². The van der Waals surface area contributed by atoms with E-state index in [2.05, 4.69) is 30.0 Å². The number of para-hydroxylation sites is 1. The lowest BCUT2D eigenvalue weighted by Gasteiger charge is -2.41. The molecule has 2 saturated heterocycles. The smallest absolute Gasteiger partial charge is 0.410 e. The lowest BCUT2D eigenvalue weighted by Crippen LogP contribution is -2.58. The highest BCUT2D eigenvalue weighted by Gasteiger charge is 2.35. The van der Waals surface area contributed by atoms with Crippen molar-refractivity contribution in [1.29, 1.82) is 5.26 Å². The highest BCUT2D eigenvalue weighted by atomic mass is 16.6. The number of ether oxygens (including phenoxy) is 1. The molecule has 0 spiro atoms. The molecule has 8 heteroatoms. The van der Waals surface area contributed by atoms with E-state index in [-0.39, 0.29) is 19.1 Å². The van der Waals surface area contributed by atoms with Gasteiger partial charge in [-0.2, -0.15) is 5.26 Å². The van der Waals surface area contributed by atoms with Gasteiger partial charge >= 0.3 is 6.09 Å². The van der Waals surface area contributed by atoms with Crippen molar-refractivity contribution in [1.82, 2.24) is 9.80 Å². The zero-order valence-electron chi connectivity index (χ0n) is 24.4. The number of hydrogen-bond acceptors (Lipinski definition) is 6. The molecular formula is C32H42N4O4. The zero-order chi connectivity index (χ0) is 29.0. The van der Waals surface area contributed by atoms with E-state index in [1.807, 2.05) is 52.0 Å². The van der Waals surface area contributed by atoms with Crippen LogP contribution >= 0.6 is 0 Å². The monoisotopic (exact) mass is 546 g/mol. The summed E-state index contributed by atoms with van der Waals surface area (Å²) in [5, 5.41) is 19.5. The second kappa shape index (κ2) is 12.3. The molecule has 0 aromatic heterocycles. The SMILES string of the molecule is Cc1cc(C)c(C(=O)N2CCN(C(=O)OC(C)(C)C)[C@H](CO)C2)cc1CC1CCN(c2ccccc2C#N)CC1. The van der Waals surface area contributed by atoms with Gasteiger partial charge in [0.05, 0.1) is 23.9 Å². The average Bonchev–Trinajstić information content (AvgIpc) is 2.93. The van der Waals surface area contributed by atoms with Crippen LogP contribution in [0.2, 0.25) is 0 Å². The zero-order valence-corrected chi connectivity index (χ0v) is 24.4. The Morgan fingerprint density at radius 3 is 2.40 bits per heavy atom. The molecule has 0 aliphatic carbocycles. The first-order valence-electron chi connectivity index (χ1n) is 14.2. The molecule has 1 N–H and O–H groups in total. The van der Waals surface area contributed by atoms with Gasteiger partial charge in [-0.1, -0.05) is 18.2 Å². The Bertz CT molecular complexity index is 1270. The number of carbonyl (C=O) groups is 2. The lowest BCUT2D eigenvalue weighted by molar-refractivity contribution is -0.00986. The number of aryl methyl sites for hydroxylation is 2. The van der Waals surface area contributed by atoms with E-state index >= 15 is 0 Å². The van der Waals surface area contributed by atoms with E-state index in [0.717, 1.165) is 43.6 Å². The number of nitriles is 1. The molecule has 2 heterocycles. The molecule has 2 aromatic carbocycles. The Morgan fingerprint density at radius 1 is 1.05 bits per heavy atom. The van der Waals surface area contributed by atoms with Gasteiger partial charge in [0.2, 0.25) is 0 Å². The van der Waals surface area contributed by atoms with E-state index in [1.54, 1.807) is 4.90 Å². The van der Waals surface area contributed by atoms with Crippen molar-refractivity contribution in [3.63, 3.8) is 0 Å². The molecule has 8 nitrogen and oxygen atoms in total. The van der Waals surface area contributed by atoms with Crippen LogP contribution in [0.25, 0.3) is 0 Å². The van der Waals surface area contributed by atoms with Crippen LogP contribution in [-0.4, -0.2) is 77.9 Å². The van der Waals surface area contributed by atoms with Crippen molar-refractivity contribution in [2.75, 3.05) is 44.2 Å². The largest absolute Gasteiger partial charge is 0.444 e. The number of rotatable bonds is 5. The van der Waals surface area contributed by atoms with Gasteiger partial charge in [0.1, 0.15) is 11.7 Å². The van der Waals surface area contributed by atoms with Crippen molar-refractivity contribution >= 4 is 17.7 Å². The summed E-state index contributed by atoms with van der Waals surface area (Å²) in [5.74, 6) is 0.440. The standard InChI is InChI=1S/C32H42N4O4/c1-22-16-23(2)28(30(38)35-14-15-36(27(20-35)21-37)31(39)40-32(3,4)5)18-26(22)17-24-10-12-34(13-11-24)29-9-7-6-8-25(29)19-33/h6-9,16,18,24,27,37H,10-15,17,20-21H2,1-5H3/t27-/m0/s1. The number of aliphatic hydroxyl groups is 1. The van der Waals surface area contributed by atoms with E-state index in [0.29, 0.717) is 30.1 Å². The van der Waals surface area contributed by atoms with Gasteiger partial charge < -0.3 is 19.6 Å². The Balaban J connectivity index is 1.42. The van der Waals surface area contributed by atoms with Crippen LogP contribution in [0, 0.1) is 31.1 Å². The summed E-state index contributed by atoms with van der Waals surface area (Å²) < 4.78 is 5.51. The maximum absolute atomic E-state index is 13.7. The van der Waals surface area contributed by atoms with E-state index in [1.165, 1.54) is 16.0 Å². The Kier molecular flexibility index (Phi) is 9.05. The molecule has 0 bridgehead atoms. The summed E-state index contributed by atoms with van der Waals surface area (Å²) in [7, 11) is 0. The number of anilines is 1. The number of piperazine rings is 1. The van der Waals surface area contributed by atoms with Crippen LogP contribution in [0.5, 0.6) is 0 Å². The van der Waals surface area contributed by atoms with Gasteiger partial charge in [-0.05, 0) is 94.7 Å². The van der Waals surface area contributed by atoms with Crippen LogP contribution in [-0.2, 0) is 11.2 Å². The van der Waals surface area contributed by atoms with Gasteiger partial charge in [0.25, 0.3) is 5.91 Å². The highest BCUT2D eigenvalue weighted by Crippen LogP contribution is 2.30. The molecule has 2 aliphatic rings. The minimum absolute atomic E-state index is 0.0658. The van der Waals surface area contributed by atoms with E-state index in [9.17, 15) is 20.0 Å². The quantitative estimate of drug-likeness (QED) is 0.585. The van der Waals surface area contributed by atoms with E-state index in [4.69, 9.17) is 4.74 Å². The van der Waals surface area contributed by atoms with Crippen LogP contribution in [0.1, 0.15) is 66.2 Å². The molecule has 0 radical (unpaired) electrons. The van der Waals surface area contributed by atoms with Crippen LogP contribution in [0.3, 0.4) is 0 Å². The third-order valence-corrected chi connectivity index (χ3v) is 8.01. The number of amides is 2. The molecular weight excluding hydrogens is 504 g/mol. The molecule has 0 saturated carbocycles. The molecule has 40 heavy (non-hydrogen) atoms. The van der Waals surface area contributed by atoms with Gasteiger partial charge in [-0.25, -0.2) is 4.79 Å². The second-order valence-corrected chi connectivity index (χ2v) is 12.1. The fraction of sp³-hybridized carbons (Fsp3) is 0.531. The van der Waals surface area contributed by atoms with Crippen molar-refractivity contribution in [2.45, 2.75) is 65.5 Å². The first-order chi connectivity index (χ1) is 19.0. The summed E-state index contributed by atoms with van der Waals surface area (Å²) in [4.78, 5) is 31.9. The number of piperidine rings is 1. The first-order valence-corrected chi connectivity index (χ1v) is 14.2. The molecule has 2 amide bonds. The molecule has 0 unspecified atom stereocenters. The third kappa shape index (κ3) is 6.76. The van der Waals surface area contributed by atoms with Gasteiger partial charge in [0.15, 0.2) is 0 Å². The predicted molar refractivity (Wildman–Crippen MR) is 155 cm³/mol. The van der Waals surface area contributed by atoms with Gasteiger partial charge in [-0.15, -0.1) is 0 Å². The third-order valence-electron chi connectivity index (χ3n) is 8.01. The molecule has 2 aliphatic heterocycles. The maximum Gasteiger partial charge on any atom is 0.410 e. The fourth-order valence-corrected chi connectivity index (χ4v) is 5.81. The predicted octanol–water partition coefficient (Wildman–Crippen LogP) is 4.69.